The molecule has 262 valence electrons. The Morgan fingerprint density at radius 3 is 2.56 bits per heavy atom. The molecule has 1 aromatic heterocycles. The molecule has 1 heterocycles. The van der Waals surface area contributed by atoms with Crippen molar-refractivity contribution < 1.29 is 24.2 Å². The summed E-state index contributed by atoms with van der Waals surface area (Å²) in [5, 5.41) is 27.0. The Balaban J connectivity index is 1.38. The number of carbonyl (C=O) groups excluding carboxylic acids is 2. The maximum Gasteiger partial charge on any atom is 0.317 e. The summed E-state index contributed by atoms with van der Waals surface area (Å²) in [5.41, 5.74) is 2.19. The van der Waals surface area contributed by atoms with Crippen LogP contribution in [-0.2, 0) is 6.42 Å². The summed E-state index contributed by atoms with van der Waals surface area (Å²) >= 11 is 0. The van der Waals surface area contributed by atoms with Crippen molar-refractivity contribution in [2.24, 2.45) is 28.6 Å². The van der Waals surface area contributed by atoms with Crippen molar-refractivity contribution in [3.63, 3.8) is 0 Å². The predicted molar refractivity (Wildman–Crippen MR) is 189 cm³/mol. The van der Waals surface area contributed by atoms with E-state index >= 15 is 0 Å². The van der Waals surface area contributed by atoms with Crippen molar-refractivity contribution in [3.8, 4) is 0 Å². The zero-order chi connectivity index (χ0) is 34.4. The highest BCUT2D eigenvalue weighted by molar-refractivity contribution is 6.08. The number of fused-ring (bicyclic) bond motifs is 10. The minimum absolute atomic E-state index is 0.00731. The summed E-state index contributed by atoms with van der Waals surface area (Å²) in [6.45, 7) is 14.0. The van der Waals surface area contributed by atoms with Crippen LogP contribution < -0.4 is 5.32 Å². The first-order chi connectivity index (χ1) is 22.7. The van der Waals surface area contributed by atoms with Gasteiger partial charge in [0.1, 0.15) is 0 Å². The Kier molecular flexibility index (Phi) is 9.78. The number of urea groups is 1. The number of ketones is 1. The van der Waals surface area contributed by atoms with Gasteiger partial charge in [0.05, 0.1) is 24.5 Å². The Hall–Kier alpha value is -2.90. The standard InChI is InChI=1S/C41H58N2O5/c1-26(2)42-38(46)43(24-29-13-14-30-23-35(29)39(30,4)5)25-41(47)19-17-34-32-16-12-28(22-33(32)37(45)36-10-8-20-48-36)21-31(44)15-11-27(3)9-7-18-40(34,41)6/h8-10,12,16,20,22,26,29-31,34-35,44,47H,7,11,13-15,17-19,21,23-25H2,1-6H3,(H,42,46)/t29-,30-,31-,34-,35-,40-,41+/m0/s1. The summed E-state index contributed by atoms with van der Waals surface area (Å²) in [6, 6.07) is 9.36. The molecule has 48 heavy (non-hydrogen) atoms. The van der Waals surface area contributed by atoms with Crippen LogP contribution in [-0.4, -0.2) is 57.8 Å². The first kappa shape index (κ1) is 34.9. The van der Waals surface area contributed by atoms with Gasteiger partial charge in [-0.25, -0.2) is 4.79 Å². The van der Waals surface area contributed by atoms with E-state index in [2.05, 4.69) is 45.2 Å². The summed E-state index contributed by atoms with van der Waals surface area (Å²) in [5.74, 6) is 1.80. The van der Waals surface area contributed by atoms with Crippen LogP contribution in [0.2, 0.25) is 0 Å². The van der Waals surface area contributed by atoms with Crippen LogP contribution in [0.3, 0.4) is 0 Å². The van der Waals surface area contributed by atoms with Gasteiger partial charge in [0.2, 0.25) is 5.78 Å². The lowest BCUT2D eigenvalue weighted by atomic mass is 9.45. The Bertz CT molecular complexity index is 1510. The van der Waals surface area contributed by atoms with Gasteiger partial charge in [0, 0.05) is 23.6 Å². The molecule has 0 saturated heterocycles. The first-order valence-corrected chi connectivity index (χ1v) is 18.5. The fourth-order valence-corrected chi connectivity index (χ4v) is 10.1. The van der Waals surface area contributed by atoms with Gasteiger partial charge in [0.15, 0.2) is 5.76 Å². The number of allylic oxidation sites excluding steroid dienone is 2. The number of rotatable bonds is 7. The van der Waals surface area contributed by atoms with E-state index in [0.29, 0.717) is 61.5 Å². The lowest BCUT2D eigenvalue weighted by Crippen LogP contribution is -2.59. The number of furan rings is 1. The second kappa shape index (κ2) is 13.4. The van der Waals surface area contributed by atoms with Crippen LogP contribution in [0.15, 0.2) is 52.7 Å². The number of nitrogens with zero attached hydrogens (tertiary/aromatic N) is 1. The monoisotopic (exact) mass is 658 g/mol. The van der Waals surface area contributed by atoms with Crippen LogP contribution in [0.5, 0.6) is 0 Å². The van der Waals surface area contributed by atoms with Gasteiger partial charge in [-0.1, -0.05) is 44.6 Å². The van der Waals surface area contributed by atoms with E-state index in [0.717, 1.165) is 36.3 Å². The van der Waals surface area contributed by atoms with Crippen LogP contribution >= 0.6 is 0 Å². The molecule has 0 spiro atoms. The molecule has 7 heteroatoms. The fourth-order valence-electron chi connectivity index (χ4n) is 10.1. The van der Waals surface area contributed by atoms with Crippen molar-refractivity contribution in [1.82, 2.24) is 10.2 Å². The zero-order valence-corrected chi connectivity index (χ0v) is 30.1. The lowest BCUT2D eigenvalue weighted by Gasteiger charge is -2.60. The third kappa shape index (κ3) is 6.54. The average molecular weight is 659 g/mol. The highest BCUT2D eigenvalue weighted by Crippen LogP contribution is 2.62. The number of amides is 2. The molecule has 3 N–H and O–H groups in total. The number of hydrogen-bond acceptors (Lipinski definition) is 5. The second-order valence-electron chi connectivity index (χ2n) is 16.9. The van der Waals surface area contributed by atoms with Gasteiger partial charge >= 0.3 is 6.03 Å². The second-order valence-corrected chi connectivity index (χ2v) is 16.9. The van der Waals surface area contributed by atoms with Crippen LogP contribution in [0.25, 0.3) is 0 Å². The van der Waals surface area contributed by atoms with E-state index in [4.69, 9.17) is 4.42 Å². The summed E-state index contributed by atoms with van der Waals surface area (Å²) in [7, 11) is 0. The molecule has 6 aliphatic carbocycles. The fraction of sp³-hybridized carbons (Fsp3) is 0.659. The highest BCUT2D eigenvalue weighted by atomic mass is 16.3. The predicted octanol–water partition coefficient (Wildman–Crippen LogP) is 8.04. The molecule has 0 radical (unpaired) electrons. The molecule has 2 aromatic rings. The molecule has 6 aliphatic rings. The van der Waals surface area contributed by atoms with Crippen LogP contribution in [0.4, 0.5) is 4.79 Å². The van der Waals surface area contributed by atoms with E-state index in [1.807, 2.05) is 30.9 Å². The first-order valence-electron chi connectivity index (χ1n) is 18.5. The van der Waals surface area contributed by atoms with E-state index in [-0.39, 0.29) is 36.1 Å². The van der Waals surface area contributed by atoms with E-state index < -0.39 is 17.1 Å². The van der Waals surface area contributed by atoms with Crippen LogP contribution in [0, 0.1) is 28.6 Å². The third-order valence-corrected chi connectivity index (χ3v) is 13.3. The maximum absolute atomic E-state index is 14.0. The molecule has 2 amide bonds. The number of hydrogen-bond donors (Lipinski definition) is 3. The van der Waals surface area contributed by atoms with Crippen molar-refractivity contribution in [1.29, 1.82) is 0 Å². The summed E-state index contributed by atoms with van der Waals surface area (Å²) < 4.78 is 5.59. The van der Waals surface area contributed by atoms with Crippen molar-refractivity contribution in [3.05, 3.63) is 70.7 Å². The van der Waals surface area contributed by atoms with Gasteiger partial charge in [-0.05, 0) is 143 Å². The van der Waals surface area contributed by atoms with Crippen LogP contribution in [0.1, 0.15) is 132 Å². The Morgan fingerprint density at radius 2 is 1.88 bits per heavy atom. The maximum atomic E-state index is 14.0. The van der Waals surface area contributed by atoms with E-state index in [9.17, 15) is 19.8 Å². The van der Waals surface area contributed by atoms with Gasteiger partial charge in [-0.15, -0.1) is 0 Å². The Morgan fingerprint density at radius 1 is 1.08 bits per heavy atom. The Labute approximate surface area is 287 Å². The molecule has 0 unspecified atom stereocenters. The van der Waals surface area contributed by atoms with E-state index in [1.165, 1.54) is 24.7 Å². The van der Waals surface area contributed by atoms with E-state index in [1.54, 1.807) is 12.1 Å². The topological polar surface area (TPSA) is 103 Å². The SMILES string of the molecule is CC1=CCC[C@@]2(C)[C@@H](CC[C@@]2(O)CN(C[C@@H]2CC[C@H]3C[C@@H]2C3(C)C)C(=O)NC(C)C)c2ccc(cc2C(=O)c2ccco2)C[C@@H](O)CC1. The van der Waals surface area contributed by atoms with Crippen molar-refractivity contribution >= 4 is 11.8 Å². The molecule has 7 atom stereocenters. The molecule has 1 aromatic carbocycles. The largest absolute Gasteiger partial charge is 0.461 e. The highest BCUT2D eigenvalue weighted by Gasteiger charge is 2.59. The van der Waals surface area contributed by atoms with Crippen molar-refractivity contribution in [2.45, 2.75) is 129 Å². The van der Waals surface area contributed by atoms with Gasteiger partial charge < -0.3 is 24.8 Å². The molecule has 0 aliphatic heterocycles. The summed E-state index contributed by atoms with van der Waals surface area (Å²) in [6.07, 6.45) is 11.5. The van der Waals surface area contributed by atoms with Gasteiger partial charge in [0.25, 0.3) is 0 Å². The molecule has 4 fully saturated rings. The lowest BCUT2D eigenvalue weighted by molar-refractivity contribution is -0.117. The molecular weight excluding hydrogens is 600 g/mol. The molecule has 7 nitrogen and oxygen atoms in total. The molecule has 4 saturated carbocycles. The number of nitrogens with one attached hydrogen (secondary N) is 1. The average Bonchev–Trinajstić information content (AvgIpc) is 3.66. The van der Waals surface area contributed by atoms with Crippen molar-refractivity contribution in [2.75, 3.05) is 13.1 Å². The minimum Gasteiger partial charge on any atom is -0.461 e. The number of aliphatic hydroxyl groups is 2. The minimum atomic E-state index is -1.16. The van der Waals surface area contributed by atoms with Gasteiger partial charge in [-0.3, -0.25) is 4.79 Å². The molecular formula is C41H58N2O5. The smallest absolute Gasteiger partial charge is 0.317 e. The summed E-state index contributed by atoms with van der Waals surface area (Å²) in [4.78, 5) is 29.9. The molecule has 4 bridgehead atoms. The number of carbonyl (C=O) groups is 2. The van der Waals surface area contributed by atoms with Gasteiger partial charge in [-0.2, -0.15) is 0 Å². The molecule has 8 rings (SSSR count). The zero-order valence-electron chi connectivity index (χ0n) is 30.1. The quantitative estimate of drug-likeness (QED) is 0.206. The number of aliphatic hydroxyl groups excluding tert-OH is 1. The normalized spacial score (nSPS) is 32.9. The number of benzene rings is 1. The third-order valence-electron chi connectivity index (χ3n) is 13.3.